The molecule has 0 bridgehead atoms. The molecule has 0 saturated heterocycles. The first kappa shape index (κ1) is 13.6. The van der Waals surface area contributed by atoms with Crippen molar-refractivity contribution in [2.75, 3.05) is 7.05 Å². The molecule has 0 fully saturated rings. The van der Waals surface area contributed by atoms with Crippen molar-refractivity contribution in [3.05, 3.63) is 11.9 Å². The van der Waals surface area contributed by atoms with Crippen LogP contribution in [0.4, 0.5) is 0 Å². The Morgan fingerprint density at radius 3 is 2.59 bits per heavy atom. The van der Waals surface area contributed by atoms with Gasteiger partial charge in [0.15, 0.2) is 5.71 Å². The van der Waals surface area contributed by atoms with E-state index in [0.717, 1.165) is 5.69 Å². The van der Waals surface area contributed by atoms with E-state index in [1.165, 1.54) is 7.05 Å². The van der Waals surface area contributed by atoms with Crippen LogP contribution in [0.5, 0.6) is 0 Å². The van der Waals surface area contributed by atoms with Crippen LogP contribution in [-0.2, 0) is 10.3 Å². The van der Waals surface area contributed by atoms with Gasteiger partial charge >= 0.3 is 0 Å². The topological polar surface area (TPSA) is 79.5 Å². The molecule has 1 aromatic rings. The number of carbonyl (C=O) groups is 1. The highest BCUT2D eigenvalue weighted by Crippen LogP contribution is 2.21. The molecule has 0 aliphatic heterocycles. The summed E-state index contributed by atoms with van der Waals surface area (Å²) in [7, 11) is 1.47. The third kappa shape index (κ3) is 2.44. The first-order valence-corrected chi connectivity index (χ1v) is 5.49. The Bertz CT molecular complexity index is 445. The zero-order valence-corrected chi connectivity index (χ0v) is 11.1. The number of oxime groups is 1. The van der Waals surface area contributed by atoms with Crippen LogP contribution in [0.2, 0.25) is 0 Å². The smallest absolute Gasteiger partial charge is 0.271 e. The third-order valence-corrected chi connectivity index (χ3v) is 3.01. The van der Waals surface area contributed by atoms with Gasteiger partial charge in [0.25, 0.3) is 5.91 Å². The molecule has 1 heterocycles. The number of nitrogens with zero attached hydrogens (tertiary/aromatic N) is 3. The summed E-state index contributed by atoms with van der Waals surface area (Å²) >= 11 is 4.24. The average Bonchev–Trinajstić information content (AvgIpc) is 2.60. The van der Waals surface area contributed by atoms with Crippen molar-refractivity contribution >= 4 is 24.2 Å². The quantitative estimate of drug-likeness (QED) is 0.324. The lowest BCUT2D eigenvalue weighted by Gasteiger charge is -2.25. The molecule has 2 N–H and O–H groups in total. The SMILES string of the molecule is CNC(=O)/C(=N/O)C(C)(C)n1cc(S)c(C)n1. The van der Waals surface area contributed by atoms with Crippen LogP contribution in [0, 0.1) is 6.92 Å². The van der Waals surface area contributed by atoms with Crippen LogP contribution in [0.25, 0.3) is 0 Å². The van der Waals surface area contributed by atoms with Crippen LogP contribution in [0.15, 0.2) is 16.2 Å². The number of rotatable bonds is 3. The van der Waals surface area contributed by atoms with E-state index < -0.39 is 11.4 Å². The van der Waals surface area contributed by atoms with Gasteiger partial charge < -0.3 is 10.5 Å². The number of hydrogen-bond acceptors (Lipinski definition) is 5. The maximum Gasteiger partial charge on any atom is 0.271 e. The Labute approximate surface area is 105 Å². The fraction of sp³-hybridized carbons (Fsp3) is 0.500. The fourth-order valence-corrected chi connectivity index (χ4v) is 1.56. The summed E-state index contributed by atoms with van der Waals surface area (Å²) in [6, 6.07) is 0. The Hall–Kier alpha value is -1.50. The van der Waals surface area contributed by atoms with Gasteiger partial charge in [0, 0.05) is 18.1 Å². The molecule has 0 radical (unpaired) electrons. The Kier molecular flexibility index (Phi) is 3.82. The van der Waals surface area contributed by atoms with Crippen LogP contribution in [0.3, 0.4) is 0 Å². The number of aryl methyl sites for hydroxylation is 1. The number of hydrogen-bond donors (Lipinski definition) is 3. The molecule has 94 valence electrons. The van der Waals surface area contributed by atoms with Gasteiger partial charge in [-0.15, -0.1) is 12.6 Å². The summed E-state index contributed by atoms with van der Waals surface area (Å²) in [6.45, 7) is 5.28. The van der Waals surface area contributed by atoms with E-state index in [0.29, 0.717) is 4.90 Å². The number of thiol groups is 1. The van der Waals surface area contributed by atoms with E-state index in [2.05, 4.69) is 28.2 Å². The minimum atomic E-state index is -0.861. The molecule has 0 aliphatic carbocycles. The Morgan fingerprint density at radius 2 is 2.24 bits per heavy atom. The van der Waals surface area contributed by atoms with E-state index in [1.54, 1.807) is 24.7 Å². The highest BCUT2D eigenvalue weighted by Gasteiger charge is 2.34. The minimum Gasteiger partial charge on any atom is -0.410 e. The van der Waals surface area contributed by atoms with Crippen molar-refractivity contribution in [1.29, 1.82) is 0 Å². The maximum absolute atomic E-state index is 11.6. The highest BCUT2D eigenvalue weighted by molar-refractivity contribution is 7.80. The number of amides is 1. The van der Waals surface area contributed by atoms with Crippen LogP contribution < -0.4 is 5.32 Å². The average molecular weight is 256 g/mol. The summed E-state index contributed by atoms with van der Waals surface area (Å²) in [5, 5.41) is 18.7. The molecule has 7 heteroatoms. The van der Waals surface area contributed by atoms with Gasteiger partial charge in [-0.3, -0.25) is 9.48 Å². The lowest BCUT2D eigenvalue weighted by Crippen LogP contribution is -2.45. The zero-order chi connectivity index (χ0) is 13.2. The van der Waals surface area contributed by atoms with Crippen molar-refractivity contribution in [3.8, 4) is 0 Å². The summed E-state index contributed by atoms with van der Waals surface area (Å²) in [5.41, 5.74) is -0.132. The van der Waals surface area contributed by atoms with Gasteiger partial charge in [0.05, 0.1) is 5.69 Å². The molecule has 0 unspecified atom stereocenters. The second kappa shape index (κ2) is 4.79. The van der Waals surface area contributed by atoms with E-state index in [4.69, 9.17) is 5.21 Å². The standard InChI is InChI=1S/C10H16N4O2S/c1-6-7(17)5-14(12-6)10(2,3)8(13-16)9(15)11-4/h5,16-17H,1-4H3,(H,11,15)/b13-8-. The van der Waals surface area contributed by atoms with Crippen molar-refractivity contribution in [2.45, 2.75) is 31.2 Å². The fourth-order valence-electron chi connectivity index (χ4n) is 1.41. The van der Waals surface area contributed by atoms with Gasteiger partial charge in [-0.2, -0.15) is 5.10 Å². The normalized spacial score (nSPS) is 12.6. The highest BCUT2D eigenvalue weighted by atomic mass is 32.1. The second-order valence-corrected chi connectivity index (χ2v) is 4.61. The monoisotopic (exact) mass is 256 g/mol. The molecular weight excluding hydrogens is 240 g/mol. The first-order chi connectivity index (χ1) is 7.84. The molecule has 0 saturated carbocycles. The van der Waals surface area contributed by atoms with E-state index in [-0.39, 0.29) is 5.71 Å². The van der Waals surface area contributed by atoms with Crippen LogP contribution >= 0.6 is 12.6 Å². The molecule has 0 spiro atoms. The number of carbonyl (C=O) groups excluding carboxylic acids is 1. The van der Waals surface area contributed by atoms with Gasteiger partial charge in [-0.05, 0) is 20.8 Å². The molecule has 6 nitrogen and oxygen atoms in total. The summed E-state index contributed by atoms with van der Waals surface area (Å²) in [4.78, 5) is 12.3. The zero-order valence-electron chi connectivity index (χ0n) is 10.2. The lowest BCUT2D eigenvalue weighted by molar-refractivity contribution is -0.114. The molecule has 1 aromatic heterocycles. The maximum atomic E-state index is 11.6. The molecule has 1 amide bonds. The summed E-state index contributed by atoms with van der Waals surface area (Å²) < 4.78 is 1.55. The molecule has 17 heavy (non-hydrogen) atoms. The van der Waals surface area contributed by atoms with Gasteiger partial charge in [0.1, 0.15) is 5.54 Å². The first-order valence-electron chi connectivity index (χ1n) is 5.05. The molecule has 0 aromatic carbocycles. The minimum absolute atomic E-state index is 0.0177. The summed E-state index contributed by atoms with van der Waals surface area (Å²) in [6.07, 6.45) is 1.69. The van der Waals surface area contributed by atoms with Gasteiger partial charge in [-0.1, -0.05) is 5.16 Å². The number of nitrogens with one attached hydrogen (secondary N) is 1. The molecular formula is C10H16N4O2S. The predicted molar refractivity (Wildman–Crippen MR) is 66.8 cm³/mol. The van der Waals surface area contributed by atoms with Crippen molar-refractivity contribution in [3.63, 3.8) is 0 Å². The van der Waals surface area contributed by atoms with Gasteiger partial charge in [0.2, 0.25) is 0 Å². The number of aromatic nitrogens is 2. The van der Waals surface area contributed by atoms with E-state index >= 15 is 0 Å². The third-order valence-electron chi connectivity index (χ3n) is 2.57. The van der Waals surface area contributed by atoms with E-state index in [1.807, 2.05) is 6.92 Å². The van der Waals surface area contributed by atoms with Crippen molar-refractivity contribution in [2.24, 2.45) is 5.16 Å². The van der Waals surface area contributed by atoms with Crippen molar-refractivity contribution in [1.82, 2.24) is 15.1 Å². The molecule has 0 atom stereocenters. The summed E-state index contributed by atoms with van der Waals surface area (Å²) in [5.74, 6) is -0.452. The second-order valence-electron chi connectivity index (χ2n) is 4.13. The van der Waals surface area contributed by atoms with Gasteiger partial charge in [-0.25, -0.2) is 0 Å². The Morgan fingerprint density at radius 1 is 1.65 bits per heavy atom. The van der Waals surface area contributed by atoms with Crippen LogP contribution in [-0.4, -0.2) is 33.7 Å². The van der Waals surface area contributed by atoms with Crippen molar-refractivity contribution < 1.29 is 10.0 Å². The van der Waals surface area contributed by atoms with Crippen LogP contribution in [0.1, 0.15) is 19.5 Å². The largest absolute Gasteiger partial charge is 0.410 e. The lowest BCUT2D eigenvalue weighted by atomic mass is 9.98. The molecule has 0 aliphatic rings. The predicted octanol–water partition coefficient (Wildman–Crippen LogP) is 0.792. The van der Waals surface area contributed by atoms with E-state index in [9.17, 15) is 4.79 Å². The Balaban J connectivity index is 3.22. The molecule has 1 rings (SSSR count).